The lowest BCUT2D eigenvalue weighted by Crippen LogP contribution is -2.45. The van der Waals surface area contributed by atoms with Crippen molar-refractivity contribution < 1.29 is 4.79 Å². The summed E-state index contributed by atoms with van der Waals surface area (Å²) in [6, 6.07) is 0.572. The van der Waals surface area contributed by atoms with Crippen LogP contribution in [0.1, 0.15) is 53.5 Å². The summed E-state index contributed by atoms with van der Waals surface area (Å²) in [4.78, 5) is 26.3. The first-order valence-electron chi connectivity index (χ1n) is 7.48. The van der Waals surface area contributed by atoms with E-state index < -0.39 is 0 Å². The Kier molecular flexibility index (Phi) is 4.81. The third-order valence-electron chi connectivity index (χ3n) is 3.58. The molecule has 1 atom stereocenters. The Labute approximate surface area is 129 Å². The molecule has 0 radical (unpaired) electrons. The Hall–Kier alpha value is -1.24. The largest absolute Gasteiger partial charge is 0.344 e. The van der Waals surface area contributed by atoms with E-state index in [0.717, 1.165) is 12.8 Å². The van der Waals surface area contributed by atoms with Gasteiger partial charge in [0.25, 0.3) is 0 Å². The smallest absolute Gasteiger partial charge is 0.337 e. The SMILES string of the molecule is CC(Sc1n[nH]c(=O)n1C1CC1)C(=O)N(C(C)C)C(C)C. The van der Waals surface area contributed by atoms with E-state index in [1.54, 1.807) is 4.57 Å². The predicted octanol–water partition coefficient (Wildman–Crippen LogP) is 2.03. The molecule has 1 saturated carbocycles. The van der Waals surface area contributed by atoms with Crippen molar-refractivity contribution in [2.24, 2.45) is 0 Å². The second-order valence-corrected chi connectivity index (χ2v) is 7.41. The first-order chi connectivity index (χ1) is 9.82. The molecule has 21 heavy (non-hydrogen) atoms. The highest BCUT2D eigenvalue weighted by atomic mass is 32.2. The Morgan fingerprint density at radius 1 is 1.29 bits per heavy atom. The number of amides is 1. The van der Waals surface area contributed by atoms with Crippen LogP contribution in [0.15, 0.2) is 9.95 Å². The number of nitrogens with one attached hydrogen (secondary N) is 1. The van der Waals surface area contributed by atoms with Crippen molar-refractivity contribution in [1.29, 1.82) is 0 Å². The zero-order valence-corrected chi connectivity index (χ0v) is 14.1. The van der Waals surface area contributed by atoms with Crippen LogP contribution < -0.4 is 5.69 Å². The highest BCUT2D eigenvalue weighted by Crippen LogP contribution is 2.37. The van der Waals surface area contributed by atoms with E-state index in [2.05, 4.69) is 10.2 Å². The Bertz CT molecular complexity index is 552. The molecular weight excluding hydrogens is 288 g/mol. The summed E-state index contributed by atoms with van der Waals surface area (Å²) in [5.74, 6) is 0.0859. The van der Waals surface area contributed by atoms with Gasteiger partial charge in [-0.25, -0.2) is 9.89 Å². The molecule has 0 spiro atoms. The number of aromatic nitrogens is 3. The third-order valence-corrected chi connectivity index (χ3v) is 4.64. The minimum Gasteiger partial charge on any atom is -0.337 e. The predicted molar refractivity (Wildman–Crippen MR) is 83.6 cm³/mol. The van der Waals surface area contributed by atoms with Crippen molar-refractivity contribution in [1.82, 2.24) is 19.7 Å². The first kappa shape index (κ1) is 16.1. The van der Waals surface area contributed by atoms with Crippen LogP contribution in [-0.4, -0.2) is 42.9 Å². The van der Waals surface area contributed by atoms with Crippen molar-refractivity contribution >= 4 is 17.7 Å². The molecule has 1 aliphatic rings. The zero-order valence-electron chi connectivity index (χ0n) is 13.3. The highest BCUT2D eigenvalue weighted by Gasteiger charge is 2.31. The molecule has 1 fully saturated rings. The summed E-state index contributed by atoms with van der Waals surface area (Å²) in [7, 11) is 0. The molecule has 1 aliphatic carbocycles. The van der Waals surface area contributed by atoms with Crippen LogP contribution >= 0.6 is 11.8 Å². The number of H-pyrrole nitrogens is 1. The Morgan fingerprint density at radius 3 is 2.33 bits per heavy atom. The summed E-state index contributed by atoms with van der Waals surface area (Å²) in [5, 5.41) is 6.91. The highest BCUT2D eigenvalue weighted by molar-refractivity contribution is 8.00. The molecule has 6 nitrogen and oxygen atoms in total. The summed E-state index contributed by atoms with van der Waals surface area (Å²) in [6.07, 6.45) is 2.03. The van der Waals surface area contributed by atoms with Crippen LogP contribution in [0, 0.1) is 0 Å². The van der Waals surface area contributed by atoms with Crippen LogP contribution in [0.3, 0.4) is 0 Å². The first-order valence-corrected chi connectivity index (χ1v) is 8.36. The normalized spacial score (nSPS) is 16.5. The van der Waals surface area contributed by atoms with Gasteiger partial charge in [0.1, 0.15) is 0 Å². The molecule has 0 bridgehead atoms. The molecule has 2 rings (SSSR count). The van der Waals surface area contributed by atoms with Gasteiger partial charge in [-0.15, -0.1) is 5.10 Å². The molecule has 1 heterocycles. The lowest BCUT2D eigenvalue weighted by atomic mass is 10.2. The van der Waals surface area contributed by atoms with Gasteiger partial charge in [-0.05, 0) is 47.5 Å². The summed E-state index contributed by atoms with van der Waals surface area (Å²) < 4.78 is 1.68. The molecule has 0 aromatic carbocycles. The second-order valence-electron chi connectivity index (χ2n) is 6.11. The number of hydrogen-bond donors (Lipinski definition) is 1. The van der Waals surface area contributed by atoms with Crippen LogP contribution in [-0.2, 0) is 4.79 Å². The lowest BCUT2D eigenvalue weighted by Gasteiger charge is -2.32. The standard InChI is InChI=1S/C14H24N4O2S/c1-8(2)17(9(3)4)12(19)10(5)21-14-16-15-13(20)18(14)11-6-7-11/h8-11H,6-7H2,1-5H3,(H,15,20). The maximum Gasteiger partial charge on any atom is 0.344 e. The van der Waals surface area contributed by atoms with E-state index in [0.29, 0.717) is 5.16 Å². The van der Waals surface area contributed by atoms with Crippen LogP contribution in [0.25, 0.3) is 0 Å². The molecule has 7 heteroatoms. The van der Waals surface area contributed by atoms with Gasteiger partial charge in [0.15, 0.2) is 5.16 Å². The van der Waals surface area contributed by atoms with Crippen molar-refractivity contribution in [3.63, 3.8) is 0 Å². The van der Waals surface area contributed by atoms with Crippen molar-refractivity contribution in [3.8, 4) is 0 Å². The van der Waals surface area contributed by atoms with Gasteiger partial charge in [-0.2, -0.15) is 0 Å². The van der Waals surface area contributed by atoms with E-state index >= 15 is 0 Å². The van der Waals surface area contributed by atoms with Crippen molar-refractivity contribution in [2.75, 3.05) is 0 Å². The van der Waals surface area contributed by atoms with Gasteiger partial charge < -0.3 is 4.90 Å². The third kappa shape index (κ3) is 3.51. The second kappa shape index (κ2) is 6.25. The summed E-state index contributed by atoms with van der Waals surface area (Å²) >= 11 is 1.36. The molecule has 1 N–H and O–H groups in total. The Morgan fingerprint density at radius 2 is 1.86 bits per heavy atom. The fourth-order valence-corrected chi connectivity index (χ4v) is 3.53. The van der Waals surface area contributed by atoms with Gasteiger partial charge >= 0.3 is 5.69 Å². The number of carbonyl (C=O) groups excluding carboxylic acids is 1. The average molecular weight is 312 g/mol. The maximum atomic E-state index is 12.6. The molecule has 118 valence electrons. The van der Waals surface area contributed by atoms with E-state index in [-0.39, 0.29) is 35.0 Å². The molecule has 0 aliphatic heterocycles. The number of carbonyl (C=O) groups is 1. The number of aromatic amines is 1. The van der Waals surface area contributed by atoms with Gasteiger partial charge in [0, 0.05) is 18.1 Å². The Balaban J connectivity index is 2.12. The van der Waals surface area contributed by atoms with Gasteiger partial charge in [-0.1, -0.05) is 11.8 Å². The average Bonchev–Trinajstić information content (AvgIpc) is 3.14. The molecule has 1 amide bonds. The lowest BCUT2D eigenvalue weighted by molar-refractivity contribution is -0.133. The van der Waals surface area contributed by atoms with E-state index in [1.807, 2.05) is 39.5 Å². The van der Waals surface area contributed by atoms with E-state index in [9.17, 15) is 9.59 Å². The maximum absolute atomic E-state index is 12.6. The number of thioether (sulfide) groups is 1. The number of hydrogen-bond acceptors (Lipinski definition) is 4. The molecule has 1 aromatic rings. The number of rotatable bonds is 6. The molecule has 1 aromatic heterocycles. The quantitative estimate of drug-likeness (QED) is 0.816. The van der Waals surface area contributed by atoms with E-state index in [4.69, 9.17) is 0 Å². The summed E-state index contributed by atoms with van der Waals surface area (Å²) in [6.45, 7) is 9.95. The topological polar surface area (TPSA) is 71.0 Å². The summed E-state index contributed by atoms with van der Waals surface area (Å²) in [5.41, 5.74) is -0.177. The van der Waals surface area contributed by atoms with Crippen LogP contribution in [0.2, 0.25) is 0 Å². The fourth-order valence-electron chi connectivity index (χ4n) is 2.55. The van der Waals surface area contributed by atoms with Gasteiger partial charge in [-0.3, -0.25) is 9.36 Å². The minimum absolute atomic E-state index is 0.0859. The molecular formula is C14H24N4O2S. The van der Waals surface area contributed by atoms with Crippen molar-refractivity contribution in [3.05, 3.63) is 10.5 Å². The number of nitrogens with zero attached hydrogens (tertiary/aromatic N) is 3. The zero-order chi connectivity index (χ0) is 15.7. The monoisotopic (exact) mass is 312 g/mol. The van der Waals surface area contributed by atoms with E-state index in [1.165, 1.54) is 11.8 Å². The fraction of sp³-hybridized carbons (Fsp3) is 0.786. The minimum atomic E-state index is -0.262. The van der Waals surface area contributed by atoms with Crippen molar-refractivity contribution in [2.45, 2.75) is 76.0 Å². The molecule has 1 unspecified atom stereocenters. The van der Waals surface area contributed by atoms with Gasteiger partial charge in [0.2, 0.25) is 5.91 Å². The van der Waals surface area contributed by atoms with Crippen LogP contribution in [0.5, 0.6) is 0 Å². The van der Waals surface area contributed by atoms with Gasteiger partial charge in [0.05, 0.1) is 5.25 Å². The van der Waals surface area contributed by atoms with Crippen LogP contribution in [0.4, 0.5) is 0 Å². The molecule has 0 saturated heterocycles.